The maximum atomic E-state index is 13.2. The van der Waals surface area contributed by atoms with E-state index in [0.717, 1.165) is 23.4 Å². The molecule has 2 aromatic carbocycles. The lowest BCUT2D eigenvalue weighted by Gasteiger charge is -2.21. The van der Waals surface area contributed by atoms with Gasteiger partial charge in [0.15, 0.2) is 0 Å². The van der Waals surface area contributed by atoms with Gasteiger partial charge >= 0.3 is 0 Å². The van der Waals surface area contributed by atoms with E-state index < -0.39 is 0 Å². The van der Waals surface area contributed by atoms with Gasteiger partial charge in [-0.25, -0.2) is 4.39 Å². The van der Waals surface area contributed by atoms with Crippen molar-refractivity contribution >= 4 is 11.6 Å². The number of hydrogen-bond donors (Lipinski definition) is 1. The van der Waals surface area contributed by atoms with Crippen molar-refractivity contribution in [2.24, 2.45) is 0 Å². The van der Waals surface area contributed by atoms with Crippen LogP contribution in [-0.4, -0.2) is 13.2 Å². The fraction of sp³-hybridized carbons (Fsp3) is 0.294. The molecule has 1 N–H and O–H groups in total. The molecule has 0 heterocycles. The average Bonchev–Trinajstić information content (AvgIpc) is 2.44. The van der Waals surface area contributed by atoms with Gasteiger partial charge in [-0.05, 0) is 54.9 Å². The minimum Gasteiger partial charge on any atom is -0.492 e. The van der Waals surface area contributed by atoms with Crippen LogP contribution in [0.3, 0.4) is 0 Å². The molecule has 0 aliphatic carbocycles. The van der Waals surface area contributed by atoms with Gasteiger partial charge in [0.25, 0.3) is 0 Å². The van der Waals surface area contributed by atoms with Gasteiger partial charge in [0, 0.05) is 5.02 Å². The maximum Gasteiger partial charge on any atom is 0.123 e. The molecule has 1 unspecified atom stereocenters. The first-order chi connectivity index (χ1) is 10.1. The molecule has 112 valence electrons. The van der Waals surface area contributed by atoms with E-state index in [0.29, 0.717) is 11.6 Å². The summed E-state index contributed by atoms with van der Waals surface area (Å²) in [5, 5.41) is 4.01. The summed E-state index contributed by atoms with van der Waals surface area (Å²) in [6.07, 6.45) is 0. The Bertz CT molecular complexity index is 603. The molecule has 0 aromatic heterocycles. The number of benzene rings is 2. The van der Waals surface area contributed by atoms with E-state index in [-0.39, 0.29) is 11.9 Å². The van der Waals surface area contributed by atoms with Crippen molar-refractivity contribution in [1.29, 1.82) is 0 Å². The molecule has 0 bridgehead atoms. The van der Waals surface area contributed by atoms with Crippen LogP contribution < -0.4 is 10.1 Å². The molecule has 0 aliphatic heterocycles. The summed E-state index contributed by atoms with van der Waals surface area (Å²) in [4.78, 5) is 0. The summed E-state index contributed by atoms with van der Waals surface area (Å²) in [6.45, 7) is 5.20. The van der Waals surface area contributed by atoms with E-state index in [2.05, 4.69) is 5.32 Å². The molecule has 4 heteroatoms. The Morgan fingerprint density at radius 1 is 1.24 bits per heavy atom. The lowest BCUT2D eigenvalue weighted by atomic mass is 10.0. The van der Waals surface area contributed by atoms with Gasteiger partial charge in [-0.2, -0.15) is 0 Å². The smallest absolute Gasteiger partial charge is 0.123 e. The first-order valence-electron chi connectivity index (χ1n) is 6.98. The third kappa shape index (κ3) is 4.45. The van der Waals surface area contributed by atoms with Gasteiger partial charge < -0.3 is 10.1 Å². The SMILES string of the molecule is CCNC(COc1cccc(Cl)c1)c1ccc(F)cc1C. The largest absolute Gasteiger partial charge is 0.492 e. The fourth-order valence-electron chi connectivity index (χ4n) is 2.27. The van der Waals surface area contributed by atoms with E-state index >= 15 is 0 Å². The Kier molecular flexibility index (Phi) is 5.59. The standard InChI is InChI=1S/C17H19ClFNO/c1-3-20-17(16-8-7-14(19)9-12(16)2)11-21-15-6-4-5-13(18)10-15/h4-10,17,20H,3,11H2,1-2H3. The highest BCUT2D eigenvalue weighted by molar-refractivity contribution is 6.30. The molecular formula is C17H19ClFNO. The highest BCUT2D eigenvalue weighted by atomic mass is 35.5. The molecule has 0 saturated carbocycles. The predicted octanol–water partition coefficient (Wildman–Crippen LogP) is 4.52. The zero-order valence-electron chi connectivity index (χ0n) is 12.2. The molecule has 2 aromatic rings. The highest BCUT2D eigenvalue weighted by Gasteiger charge is 2.14. The molecule has 0 amide bonds. The Morgan fingerprint density at radius 3 is 2.71 bits per heavy atom. The van der Waals surface area contributed by atoms with E-state index in [1.807, 2.05) is 26.0 Å². The molecule has 21 heavy (non-hydrogen) atoms. The summed E-state index contributed by atoms with van der Waals surface area (Å²) >= 11 is 5.94. The summed E-state index contributed by atoms with van der Waals surface area (Å²) in [5.74, 6) is 0.507. The maximum absolute atomic E-state index is 13.2. The number of nitrogens with one attached hydrogen (secondary N) is 1. The number of halogens is 2. The highest BCUT2D eigenvalue weighted by Crippen LogP contribution is 2.22. The first kappa shape index (κ1) is 15.8. The van der Waals surface area contributed by atoms with E-state index in [9.17, 15) is 4.39 Å². The minimum absolute atomic E-state index is 0.00887. The molecule has 0 aliphatic rings. The second-order valence-corrected chi connectivity index (χ2v) is 5.32. The van der Waals surface area contributed by atoms with Gasteiger partial charge in [-0.3, -0.25) is 0 Å². The lowest BCUT2D eigenvalue weighted by molar-refractivity contribution is 0.267. The van der Waals surface area contributed by atoms with Crippen molar-refractivity contribution in [3.63, 3.8) is 0 Å². The van der Waals surface area contributed by atoms with E-state index in [1.165, 1.54) is 6.07 Å². The van der Waals surface area contributed by atoms with Crippen LogP contribution in [0.5, 0.6) is 5.75 Å². The number of ether oxygens (including phenoxy) is 1. The van der Waals surface area contributed by atoms with Crippen LogP contribution in [0.4, 0.5) is 4.39 Å². The van der Waals surface area contributed by atoms with Gasteiger partial charge in [0.05, 0.1) is 6.04 Å². The Balaban J connectivity index is 2.12. The molecule has 0 radical (unpaired) electrons. The fourth-order valence-corrected chi connectivity index (χ4v) is 2.45. The second-order valence-electron chi connectivity index (χ2n) is 4.88. The van der Waals surface area contributed by atoms with Crippen molar-refractivity contribution in [1.82, 2.24) is 5.32 Å². The summed E-state index contributed by atoms with van der Waals surface area (Å²) in [7, 11) is 0. The Labute approximate surface area is 129 Å². The Morgan fingerprint density at radius 2 is 2.05 bits per heavy atom. The van der Waals surface area contributed by atoms with Gasteiger partial charge in [-0.15, -0.1) is 0 Å². The zero-order valence-corrected chi connectivity index (χ0v) is 13.0. The van der Waals surface area contributed by atoms with E-state index in [4.69, 9.17) is 16.3 Å². The number of likely N-dealkylation sites (N-methyl/N-ethyl adjacent to an activating group) is 1. The predicted molar refractivity (Wildman–Crippen MR) is 84.5 cm³/mol. The average molecular weight is 308 g/mol. The van der Waals surface area contributed by atoms with Crippen LogP contribution in [0, 0.1) is 12.7 Å². The lowest BCUT2D eigenvalue weighted by Crippen LogP contribution is -2.27. The van der Waals surface area contributed by atoms with Gasteiger partial charge in [0.1, 0.15) is 18.2 Å². The molecule has 1 atom stereocenters. The van der Waals surface area contributed by atoms with Crippen molar-refractivity contribution in [3.05, 3.63) is 64.4 Å². The molecule has 2 rings (SSSR count). The van der Waals surface area contributed by atoms with Crippen molar-refractivity contribution in [3.8, 4) is 5.75 Å². The Hall–Kier alpha value is -1.58. The third-order valence-electron chi connectivity index (χ3n) is 3.27. The van der Waals surface area contributed by atoms with Crippen LogP contribution in [0.15, 0.2) is 42.5 Å². The van der Waals surface area contributed by atoms with Gasteiger partial charge in [0.2, 0.25) is 0 Å². The number of rotatable bonds is 6. The van der Waals surface area contributed by atoms with Crippen molar-refractivity contribution in [2.45, 2.75) is 19.9 Å². The van der Waals surface area contributed by atoms with Crippen LogP contribution in [-0.2, 0) is 0 Å². The second kappa shape index (κ2) is 7.43. The minimum atomic E-state index is -0.220. The monoisotopic (exact) mass is 307 g/mol. The summed E-state index contributed by atoms with van der Waals surface area (Å²) < 4.78 is 19.0. The normalized spacial score (nSPS) is 12.2. The van der Waals surface area contributed by atoms with Crippen molar-refractivity contribution in [2.75, 3.05) is 13.2 Å². The first-order valence-corrected chi connectivity index (χ1v) is 7.35. The van der Waals surface area contributed by atoms with Crippen molar-refractivity contribution < 1.29 is 9.13 Å². The van der Waals surface area contributed by atoms with Gasteiger partial charge in [-0.1, -0.05) is 30.7 Å². The van der Waals surface area contributed by atoms with Crippen LogP contribution in [0.2, 0.25) is 5.02 Å². The van der Waals surface area contributed by atoms with Crippen LogP contribution in [0.1, 0.15) is 24.1 Å². The summed E-state index contributed by atoms with van der Waals surface area (Å²) in [5.41, 5.74) is 1.95. The molecule has 0 saturated heterocycles. The molecule has 2 nitrogen and oxygen atoms in total. The van der Waals surface area contributed by atoms with Crippen LogP contribution in [0.25, 0.3) is 0 Å². The number of hydrogen-bond acceptors (Lipinski definition) is 2. The summed E-state index contributed by atoms with van der Waals surface area (Å²) in [6, 6.07) is 12.1. The molecular weight excluding hydrogens is 289 g/mol. The molecule has 0 fully saturated rings. The quantitative estimate of drug-likeness (QED) is 0.847. The third-order valence-corrected chi connectivity index (χ3v) is 3.51. The zero-order chi connectivity index (χ0) is 15.2. The van der Waals surface area contributed by atoms with E-state index in [1.54, 1.807) is 24.3 Å². The van der Waals surface area contributed by atoms with Crippen LogP contribution >= 0.6 is 11.6 Å². The topological polar surface area (TPSA) is 21.3 Å². The number of aryl methyl sites for hydroxylation is 1. The molecule has 0 spiro atoms.